The zero-order chi connectivity index (χ0) is 11.4. The van der Waals surface area contributed by atoms with Crippen molar-refractivity contribution in [2.45, 2.75) is 27.7 Å². The van der Waals surface area contributed by atoms with Crippen LogP contribution in [0.1, 0.15) is 20.9 Å². The fourth-order valence-corrected chi connectivity index (χ4v) is 3.76. The second-order valence-electron chi connectivity index (χ2n) is 4.10. The second-order valence-corrected chi connectivity index (χ2v) is 6.50. The van der Waals surface area contributed by atoms with Crippen molar-refractivity contribution in [3.8, 4) is 0 Å². The zero-order valence-electron chi connectivity index (χ0n) is 9.71. The Hall–Kier alpha value is -1.00. The highest BCUT2D eigenvalue weighted by Gasteiger charge is 2.13. The summed E-state index contributed by atoms with van der Waals surface area (Å²) in [6.07, 6.45) is 0. The molecule has 0 saturated carbocycles. The normalized spacial score (nSPS) is 11.8. The minimum atomic E-state index is 1.07. The molecule has 0 unspecified atom stereocenters. The molecule has 3 aromatic rings. The molecule has 0 saturated heterocycles. The number of aryl methyl sites for hydroxylation is 4. The summed E-state index contributed by atoms with van der Waals surface area (Å²) in [6, 6.07) is 0. The molecule has 0 bridgehead atoms. The quantitative estimate of drug-likeness (QED) is 0.597. The van der Waals surface area contributed by atoms with Crippen LogP contribution in [-0.4, -0.2) is 9.97 Å². The Labute approximate surface area is 102 Å². The molecule has 16 heavy (non-hydrogen) atoms. The lowest BCUT2D eigenvalue weighted by Gasteiger charge is -1.93. The molecule has 0 atom stereocenters. The maximum Gasteiger partial charge on any atom is 0.143 e. The highest BCUT2D eigenvalue weighted by molar-refractivity contribution is 7.20. The maximum atomic E-state index is 4.75. The van der Waals surface area contributed by atoms with Crippen molar-refractivity contribution in [3.05, 3.63) is 20.9 Å². The molecule has 0 spiro atoms. The standard InChI is InChI=1S/C12H12N2S2/c1-5-7(3)15-11-9(5)13-12-10(14-11)6(2)8(4)16-12/h1-4H3. The molecule has 0 aliphatic rings. The lowest BCUT2D eigenvalue weighted by atomic mass is 10.2. The SMILES string of the molecule is Cc1sc2nc3c(C)c(C)sc3nc2c1C. The highest BCUT2D eigenvalue weighted by atomic mass is 32.1. The van der Waals surface area contributed by atoms with Crippen LogP contribution in [0.3, 0.4) is 0 Å². The van der Waals surface area contributed by atoms with Crippen molar-refractivity contribution in [2.24, 2.45) is 0 Å². The Kier molecular flexibility index (Phi) is 2.06. The summed E-state index contributed by atoms with van der Waals surface area (Å²) in [4.78, 5) is 14.3. The van der Waals surface area contributed by atoms with E-state index in [1.165, 1.54) is 20.9 Å². The third kappa shape index (κ3) is 1.23. The summed E-state index contributed by atoms with van der Waals surface area (Å²) in [5, 5.41) is 0. The molecule has 2 nitrogen and oxygen atoms in total. The van der Waals surface area contributed by atoms with Crippen molar-refractivity contribution in [1.82, 2.24) is 9.97 Å². The maximum absolute atomic E-state index is 4.75. The van der Waals surface area contributed by atoms with E-state index < -0.39 is 0 Å². The number of fused-ring (bicyclic) bond motifs is 2. The fourth-order valence-electron chi connectivity index (χ4n) is 1.81. The van der Waals surface area contributed by atoms with Gasteiger partial charge in [0.05, 0.1) is 0 Å². The predicted octanol–water partition coefficient (Wildman–Crippen LogP) is 4.14. The van der Waals surface area contributed by atoms with Crippen LogP contribution in [0.2, 0.25) is 0 Å². The summed E-state index contributed by atoms with van der Waals surface area (Å²) < 4.78 is 0. The number of hydrogen-bond donors (Lipinski definition) is 0. The molecule has 82 valence electrons. The lowest BCUT2D eigenvalue weighted by molar-refractivity contribution is 1.37. The first-order valence-corrected chi connectivity index (χ1v) is 6.84. The van der Waals surface area contributed by atoms with Gasteiger partial charge in [-0.05, 0) is 38.8 Å². The first-order valence-electron chi connectivity index (χ1n) is 5.21. The van der Waals surface area contributed by atoms with Crippen LogP contribution >= 0.6 is 22.7 Å². The van der Waals surface area contributed by atoms with E-state index in [4.69, 9.17) is 9.97 Å². The van der Waals surface area contributed by atoms with E-state index >= 15 is 0 Å². The molecule has 0 aliphatic carbocycles. The Balaban J connectivity index is 2.52. The van der Waals surface area contributed by atoms with Crippen LogP contribution in [0.15, 0.2) is 0 Å². The Morgan fingerprint density at radius 3 is 1.44 bits per heavy atom. The van der Waals surface area contributed by atoms with Gasteiger partial charge in [-0.3, -0.25) is 0 Å². The molecule has 0 amide bonds. The van der Waals surface area contributed by atoms with Crippen LogP contribution in [0, 0.1) is 27.7 Å². The minimum Gasteiger partial charge on any atom is -0.232 e. The largest absolute Gasteiger partial charge is 0.232 e. The van der Waals surface area contributed by atoms with E-state index in [1.807, 2.05) is 0 Å². The molecular weight excluding hydrogens is 236 g/mol. The van der Waals surface area contributed by atoms with Gasteiger partial charge in [-0.25, -0.2) is 9.97 Å². The molecule has 0 fully saturated rings. The fraction of sp³-hybridized carbons (Fsp3) is 0.333. The molecule has 3 heterocycles. The number of nitrogens with zero attached hydrogens (tertiary/aromatic N) is 2. The number of rotatable bonds is 0. The van der Waals surface area contributed by atoms with Crippen molar-refractivity contribution in [3.63, 3.8) is 0 Å². The van der Waals surface area contributed by atoms with E-state index in [-0.39, 0.29) is 0 Å². The van der Waals surface area contributed by atoms with Gasteiger partial charge in [-0.1, -0.05) is 0 Å². The molecule has 0 radical (unpaired) electrons. The lowest BCUT2D eigenvalue weighted by Crippen LogP contribution is -1.82. The summed E-state index contributed by atoms with van der Waals surface area (Å²) in [7, 11) is 0. The van der Waals surface area contributed by atoms with E-state index in [2.05, 4.69) is 27.7 Å². The second kappa shape index (κ2) is 3.25. The molecule has 0 aliphatic heterocycles. The van der Waals surface area contributed by atoms with Gasteiger partial charge in [-0.2, -0.15) is 0 Å². The van der Waals surface area contributed by atoms with Gasteiger partial charge in [-0.15, -0.1) is 22.7 Å². The van der Waals surface area contributed by atoms with Crippen LogP contribution in [0.4, 0.5) is 0 Å². The molecule has 0 N–H and O–H groups in total. The number of thiophene rings is 2. The summed E-state index contributed by atoms with van der Waals surface area (Å²) in [6.45, 7) is 8.52. The van der Waals surface area contributed by atoms with E-state index in [0.29, 0.717) is 0 Å². The van der Waals surface area contributed by atoms with Crippen molar-refractivity contribution < 1.29 is 0 Å². The third-order valence-corrected chi connectivity index (χ3v) is 5.28. The molecule has 3 aromatic heterocycles. The van der Waals surface area contributed by atoms with Crippen molar-refractivity contribution >= 4 is 43.4 Å². The summed E-state index contributed by atoms with van der Waals surface area (Å²) in [5.74, 6) is 0. The van der Waals surface area contributed by atoms with Crippen LogP contribution in [0.25, 0.3) is 20.7 Å². The van der Waals surface area contributed by atoms with Gasteiger partial charge in [0.2, 0.25) is 0 Å². The van der Waals surface area contributed by atoms with Gasteiger partial charge >= 0.3 is 0 Å². The van der Waals surface area contributed by atoms with Crippen molar-refractivity contribution in [2.75, 3.05) is 0 Å². The third-order valence-electron chi connectivity index (χ3n) is 3.10. The molecular formula is C12H12N2S2. The Bertz CT molecular complexity index is 645. The van der Waals surface area contributed by atoms with Gasteiger partial charge in [0.15, 0.2) is 0 Å². The van der Waals surface area contributed by atoms with Gasteiger partial charge in [0.1, 0.15) is 20.7 Å². The van der Waals surface area contributed by atoms with Gasteiger partial charge < -0.3 is 0 Å². The highest BCUT2D eigenvalue weighted by Crippen LogP contribution is 2.33. The Morgan fingerprint density at radius 2 is 1.06 bits per heavy atom. The number of hydrogen-bond acceptors (Lipinski definition) is 4. The van der Waals surface area contributed by atoms with Crippen LogP contribution in [0.5, 0.6) is 0 Å². The van der Waals surface area contributed by atoms with E-state index in [1.54, 1.807) is 22.7 Å². The smallest absolute Gasteiger partial charge is 0.143 e. The minimum absolute atomic E-state index is 1.07. The molecule has 4 heteroatoms. The average Bonchev–Trinajstić information content (AvgIpc) is 2.67. The Morgan fingerprint density at radius 1 is 0.688 bits per heavy atom. The van der Waals surface area contributed by atoms with Gasteiger partial charge in [0.25, 0.3) is 0 Å². The van der Waals surface area contributed by atoms with Crippen molar-refractivity contribution in [1.29, 1.82) is 0 Å². The van der Waals surface area contributed by atoms with Crippen LogP contribution in [-0.2, 0) is 0 Å². The predicted molar refractivity (Wildman–Crippen MR) is 71.7 cm³/mol. The summed E-state index contributed by atoms with van der Waals surface area (Å²) in [5.41, 5.74) is 4.71. The molecule has 3 rings (SSSR count). The van der Waals surface area contributed by atoms with E-state index in [0.717, 1.165) is 20.7 Å². The summed E-state index contributed by atoms with van der Waals surface area (Å²) >= 11 is 3.49. The zero-order valence-corrected chi connectivity index (χ0v) is 11.3. The van der Waals surface area contributed by atoms with Gasteiger partial charge in [0, 0.05) is 9.75 Å². The van der Waals surface area contributed by atoms with E-state index in [9.17, 15) is 0 Å². The average molecular weight is 248 g/mol. The first kappa shape index (κ1) is 10.2. The molecule has 0 aromatic carbocycles. The monoisotopic (exact) mass is 248 g/mol. The topological polar surface area (TPSA) is 25.8 Å². The van der Waals surface area contributed by atoms with Crippen LogP contribution < -0.4 is 0 Å². The first-order chi connectivity index (χ1) is 7.58. The number of aromatic nitrogens is 2.